The first-order chi connectivity index (χ1) is 14.8. The molecule has 4 rings (SSSR count). The lowest BCUT2D eigenvalue weighted by molar-refractivity contribution is 0.0231. The number of hydrogen-bond acceptors (Lipinski definition) is 5. The number of rotatable bonds is 5. The van der Waals surface area contributed by atoms with Gasteiger partial charge in [0, 0.05) is 5.39 Å². The minimum Gasteiger partial charge on any atom is -0.370 e. The molecular formula is C24H23FN4O2. The van der Waals surface area contributed by atoms with Gasteiger partial charge in [-0.1, -0.05) is 48.0 Å². The third-order valence-corrected chi connectivity index (χ3v) is 5.41. The van der Waals surface area contributed by atoms with Crippen LogP contribution in [0.2, 0.25) is 0 Å². The van der Waals surface area contributed by atoms with Crippen LogP contribution in [0, 0.1) is 12.9 Å². The maximum atomic E-state index is 15.1. The Morgan fingerprint density at radius 3 is 2.39 bits per heavy atom. The first-order valence-electron chi connectivity index (χ1n) is 9.94. The number of aromatic nitrogens is 3. The molecule has 0 bridgehead atoms. The Morgan fingerprint density at radius 2 is 1.74 bits per heavy atom. The Labute approximate surface area is 179 Å². The predicted molar refractivity (Wildman–Crippen MR) is 118 cm³/mol. The van der Waals surface area contributed by atoms with E-state index in [0.29, 0.717) is 16.5 Å². The molecule has 7 heteroatoms. The summed E-state index contributed by atoms with van der Waals surface area (Å²) in [5.74, 6) is -0.772. The number of aliphatic hydroxyl groups is 1. The first-order valence-corrected chi connectivity index (χ1v) is 9.94. The number of benzene rings is 2. The van der Waals surface area contributed by atoms with Gasteiger partial charge in [0.15, 0.2) is 5.72 Å². The summed E-state index contributed by atoms with van der Waals surface area (Å²) >= 11 is 0. The van der Waals surface area contributed by atoms with E-state index in [-0.39, 0.29) is 23.4 Å². The zero-order valence-corrected chi connectivity index (χ0v) is 17.6. The van der Waals surface area contributed by atoms with Crippen molar-refractivity contribution in [2.45, 2.75) is 26.1 Å². The second-order valence-corrected chi connectivity index (χ2v) is 7.70. The largest absolute Gasteiger partial charge is 0.370 e. The lowest BCUT2D eigenvalue weighted by atomic mass is 10.0. The van der Waals surface area contributed by atoms with Gasteiger partial charge >= 0.3 is 0 Å². The predicted octanol–water partition coefficient (Wildman–Crippen LogP) is 3.34. The van der Waals surface area contributed by atoms with Gasteiger partial charge in [-0.05, 0) is 44.7 Å². The summed E-state index contributed by atoms with van der Waals surface area (Å²) in [5, 5.41) is 18.5. The van der Waals surface area contributed by atoms with E-state index >= 15 is 4.39 Å². The second kappa shape index (κ2) is 8.02. The van der Waals surface area contributed by atoms with Gasteiger partial charge in [-0.25, -0.2) is 9.67 Å². The molecule has 0 fully saturated rings. The molecule has 0 aliphatic carbocycles. The number of pyridine rings is 1. The molecule has 31 heavy (non-hydrogen) atoms. The van der Waals surface area contributed by atoms with Gasteiger partial charge in [0.2, 0.25) is 5.95 Å². The lowest BCUT2D eigenvalue weighted by Crippen LogP contribution is -2.37. The monoisotopic (exact) mass is 418 g/mol. The van der Waals surface area contributed by atoms with Crippen molar-refractivity contribution in [2.24, 2.45) is 0 Å². The zero-order valence-electron chi connectivity index (χ0n) is 17.6. The Balaban J connectivity index is 1.89. The molecule has 1 atom stereocenters. The van der Waals surface area contributed by atoms with E-state index in [2.05, 4.69) is 15.4 Å². The van der Waals surface area contributed by atoms with E-state index < -0.39 is 11.7 Å². The average molecular weight is 418 g/mol. The van der Waals surface area contributed by atoms with Gasteiger partial charge in [0.25, 0.3) is 5.56 Å². The SMILES string of the molecule is CNC(C)(O)c1ccc(-c2nn(Cc3ccc(C)cc3)c(=O)c3ccccc23)c(F)n1. The molecule has 0 aliphatic rings. The van der Waals surface area contributed by atoms with Crippen molar-refractivity contribution in [3.63, 3.8) is 0 Å². The van der Waals surface area contributed by atoms with Gasteiger partial charge in [-0.15, -0.1) is 0 Å². The van der Waals surface area contributed by atoms with E-state index in [0.717, 1.165) is 11.1 Å². The fraction of sp³-hybridized carbons (Fsp3) is 0.208. The molecule has 0 radical (unpaired) electrons. The molecule has 2 N–H and O–H groups in total. The van der Waals surface area contributed by atoms with Gasteiger partial charge in [0.05, 0.1) is 23.2 Å². The topological polar surface area (TPSA) is 80.0 Å². The third-order valence-electron chi connectivity index (χ3n) is 5.41. The quantitative estimate of drug-likeness (QED) is 0.384. The van der Waals surface area contributed by atoms with E-state index in [1.54, 1.807) is 37.4 Å². The van der Waals surface area contributed by atoms with Gasteiger partial charge in [-0.3, -0.25) is 10.1 Å². The first kappa shape index (κ1) is 20.8. The van der Waals surface area contributed by atoms with Crippen LogP contribution < -0.4 is 10.9 Å². The highest BCUT2D eigenvalue weighted by molar-refractivity contribution is 5.93. The smallest absolute Gasteiger partial charge is 0.274 e. The minimum atomic E-state index is -1.47. The molecule has 0 amide bonds. The van der Waals surface area contributed by atoms with Crippen molar-refractivity contribution in [1.29, 1.82) is 0 Å². The van der Waals surface area contributed by atoms with Crippen molar-refractivity contribution in [3.05, 3.63) is 93.8 Å². The molecular weight excluding hydrogens is 395 g/mol. The summed E-state index contributed by atoms with van der Waals surface area (Å²) in [4.78, 5) is 17.0. The lowest BCUT2D eigenvalue weighted by Gasteiger charge is -2.22. The standard InChI is InChI=1S/C24H23FN4O2/c1-15-8-10-16(11-9-15)14-29-23(30)18-7-5-4-6-17(18)21(28-29)19-12-13-20(27-22(19)25)24(2,31)26-3/h4-13,26,31H,14H2,1-3H3. The molecule has 0 saturated carbocycles. The molecule has 158 valence electrons. The second-order valence-electron chi connectivity index (χ2n) is 7.70. The van der Waals surface area contributed by atoms with E-state index in [4.69, 9.17) is 0 Å². The summed E-state index contributed by atoms with van der Waals surface area (Å²) in [5.41, 5.74) is 0.942. The van der Waals surface area contributed by atoms with Crippen molar-refractivity contribution in [2.75, 3.05) is 7.05 Å². The molecule has 0 spiro atoms. The maximum absolute atomic E-state index is 15.1. The molecule has 2 aromatic heterocycles. The Kier molecular flexibility index (Phi) is 5.39. The van der Waals surface area contributed by atoms with Gasteiger partial charge < -0.3 is 5.11 Å². The molecule has 6 nitrogen and oxygen atoms in total. The Morgan fingerprint density at radius 1 is 1.06 bits per heavy atom. The molecule has 4 aromatic rings. The van der Waals surface area contributed by atoms with Crippen molar-refractivity contribution in [1.82, 2.24) is 20.1 Å². The van der Waals surface area contributed by atoms with Crippen LogP contribution in [0.15, 0.2) is 65.5 Å². The average Bonchev–Trinajstić information content (AvgIpc) is 2.77. The molecule has 2 heterocycles. The third kappa shape index (κ3) is 3.97. The normalized spacial score (nSPS) is 13.3. The summed E-state index contributed by atoms with van der Waals surface area (Å²) in [6.45, 7) is 3.75. The van der Waals surface area contributed by atoms with Crippen molar-refractivity contribution < 1.29 is 9.50 Å². The van der Waals surface area contributed by atoms with Gasteiger partial charge in [0.1, 0.15) is 5.69 Å². The number of fused-ring (bicyclic) bond motifs is 1. The van der Waals surface area contributed by atoms with E-state index in [9.17, 15) is 9.90 Å². The minimum absolute atomic E-state index is 0.147. The number of halogens is 1. The summed E-state index contributed by atoms with van der Waals surface area (Å²) in [7, 11) is 1.56. The molecule has 2 aromatic carbocycles. The van der Waals surface area contributed by atoms with Crippen LogP contribution in [0.3, 0.4) is 0 Å². The van der Waals surface area contributed by atoms with Crippen LogP contribution in [-0.2, 0) is 12.3 Å². The molecule has 0 saturated heterocycles. The van der Waals surface area contributed by atoms with Crippen LogP contribution in [0.4, 0.5) is 4.39 Å². The maximum Gasteiger partial charge on any atom is 0.274 e. The highest BCUT2D eigenvalue weighted by Gasteiger charge is 2.24. The summed E-state index contributed by atoms with van der Waals surface area (Å²) in [6, 6.07) is 17.9. The number of nitrogens with one attached hydrogen (secondary N) is 1. The zero-order chi connectivity index (χ0) is 22.2. The highest BCUT2D eigenvalue weighted by Crippen LogP contribution is 2.28. The van der Waals surface area contributed by atoms with Crippen LogP contribution in [0.25, 0.3) is 22.0 Å². The van der Waals surface area contributed by atoms with Crippen molar-refractivity contribution >= 4 is 10.8 Å². The Hall–Kier alpha value is -3.42. The number of nitrogens with zero attached hydrogens (tertiary/aromatic N) is 3. The van der Waals surface area contributed by atoms with Crippen molar-refractivity contribution in [3.8, 4) is 11.3 Å². The van der Waals surface area contributed by atoms with E-state index in [1.807, 2.05) is 31.2 Å². The fourth-order valence-corrected chi connectivity index (χ4v) is 3.42. The summed E-state index contributed by atoms with van der Waals surface area (Å²) < 4.78 is 16.4. The molecule has 0 aliphatic heterocycles. The summed E-state index contributed by atoms with van der Waals surface area (Å²) in [6.07, 6.45) is 0. The van der Waals surface area contributed by atoms with Crippen LogP contribution in [0.1, 0.15) is 23.7 Å². The van der Waals surface area contributed by atoms with Crippen LogP contribution in [0.5, 0.6) is 0 Å². The number of aryl methyl sites for hydroxylation is 1. The fourth-order valence-electron chi connectivity index (χ4n) is 3.42. The van der Waals surface area contributed by atoms with Crippen LogP contribution >= 0.6 is 0 Å². The highest BCUT2D eigenvalue weighted by atomic mass is 19.1. The molecule has 1 unspecified atom stereocenters. The Bertz CT molecular complexity index is 1310. The van der Waals surface area contributed by atoms with Gasteiger partial charge in [-0.2, -0.15) is 9.49 Å². The van der Waals surface area contributed by atoms with Crippen LogP contribution in [-0.4, -0.2) is 26.9 Å². The number of hydrogen-bond donors (Lipinski definition) is 2. The van der Waals surface area contributed by atoms with E-state index in [1.165, 1.54) is 17.7 Å².